The van der Waals surface area contributed by atoms with Gasteiger partial charge in [-0.05, 0) is 30.9 Å². The summed E-state index contributed by atoms with van der Waals surface area (Å²) < 4.78 is 0. The molecular formula is C17H24ClNO. The molecular weight excluding hydrogens is 270 g/mol. The topological polar surface area (TPSA) is 20.3 Å². The largest absolute Gasteiger partial charge is 0.334 e. The Morgan fingerprint density at radius 3 is 2.45 bits per heavy atom. The fourth-order valence-corrected chi connectivity index (χ4v) is 3.19. The van der Waals surface area contributed by atoms with Crippen molar-refractivity contribution < 1.29 is 4.79 Å². The molecule has 0 heterocycles. The number of benzene rings is 1. The van der Waals surface area contributed by atoms with Gasteiger partial charge in [-0.2, -0.15) is 0 Å². The summed E-state index contributed by atoms with van der Waals surface area (Å²) in [5.41, 5.74) is 2.48. The molecule has 0 aromatic heterocycles. The van der Waals surface area contributed by atoms with Crippen LogP contribution in [0.4, 0.5) is 0 Å². The monoisotopic (exact) mass is 293 g/mol. The maximum Gasteiger partial charge on any atom is 0.238 e. The first-order valence-electron chi connectivity index (χ1n) is 7.62. The summed E-state index contributed by atoms with van der Waals surface area (Å²) in [5.74, 6) is 0.157. The van der Waals surface area contributed by atoms with Crippen molar-refractivity contribution in [2.24, 2.45) is 0 Å². The number of hydrogen-bond donors (Lipinski definition) is 0. The first-order valence-corrected chi connectivity index (χ1v) is 8.15. The van der Waals surface area contributed by atoms with E-state index in [1.54, 1.807) is 0 Å². The van der Waals surface area contributed by atoms with Crippen molar-refractivity contribution in [1.29, 1.82) is 0 Å². The van der Waals surface area contributed by atoms with Gasteiger partial charge >= 0.3 is 0 Å². The van der Waals surface area contributed by atoms with Gasteiger partial charge in [0.15, 0.2) is 0 Å². The van der Waals surface area contributed by atoms with E-state index in [4.69, 9.17) is 11.6 Å². The Morgan fingerprint density at radius 2 is 1.85 bits per heavy atom. The second-order valence-corrected chi connectivity index (χ2v) is 5.99. The van der Waals surface area contributed by atoms with Crippen LogP contribution in [0.1, 0.15) is 49.7 Å². The van der Waals surface area contributed by atoms with E-state index in [0.29, 0.717) is 12.6 Å². The lowest BCUT2D eigenvalue weighted by atomic mass is 10.0. The normalized spacial score (nSPS) is 16.7. The van der Waals surface area contributed by atoms with E-state index in [0.717, 1.165) is 12.8 Å². The summed E-state index contributed by atoms with van der Waals surface area (Å²) in [7, 11) is 0. The van der Waals surface area contributed by atoms with Gasteiger partial charge in [-0.15, -0.1) is 11.6 Å². The first-order chi connectivity index (χ1) is 9.72. The molecule has 1 aromatic carbocycles. The van der Waals surface area contributed by atoms with E-state index >= 15 is 0 Å². The zero-order chi connectivity index (χ0) is 14.4. The molecule has 1 amide bonds. The van der Waals surface area contributed by atoms with Crippen LogP contribution in [0.5, 0.6) is 0 Å². The van der Waals surface area contributed by atoms with E-state index in [1.807, 2.05) is 17.0 Å². The van der Waals surface area contributed by atoms with Crippen LogP contribution in [0.25, 0.3) is 0 Å². The SMILES string of the molecule is Cc1ccccc1CN(C(=O)CCl)C1CCCCCC1. The quantitative estimate of drug-likeness (QED) is 0.599. The van der Waals surface area contributed by atoms with E-state index < -0.39 is 0 Å². The molecule has 2 nitrogen and oxygen atoms in total. The maximum absolute atomic E-state index is 12.2. The molecule has 2 rings (SSSR count). The van der Waals surface area contributed by atoms with Crippen LogP contribution in [-0.4, -0.2) is 22.7 Å². The third-order valence-corrected chi connectivity index (χ3v) is 4.53. The van der Waals surface area contributed by atoms with E-state index in [1.165, 1.54) is 36.8 Å². The Labute approximate surface area is 127 Å². The molecule has 0 saturated heterocycles. The van der Waals surface area contributed by atoms with Crippen LogP contribution in [0.2, 0.25) is 0 Å². The number of halogens is 1. The zero-order valence-corrected chi connectivity index (χ0v) is 13.0. The van der Waals surface area contributed by atoms with Crippen molar-refractivity contribution in [3.63, 3.8) is 0 Å². The van der Waals surface area contributed by atoms with Crippen molar-refractivity contribution in [3.05, 3.63) is 35.4 Å². The second-order valence-electron chi connectivity index (χ2n) is 5.73. The Kier molecular flexibility index (Phi) is 5.90. The van der Waals surface area contributed by atoms with Gasteiger partial charge in [0.2, 0.25) is 5.91 Å². The number of amides is 1. The standard InChI is InChI=1S/C17H24ClNO/c1-14-8-6-7-9-15(14)13-19(17(20)12-18)16-10-4-2-3-5-11-16/h6-9,16H,2-5,10-13H2,1H3. The predicted molar refractivity (Wildman–Crippen MR) is 83.9 cm³/mol. The van der Waals surface area contributed by atoms with Crippen LogP contribution in [0.15, 0.2) is 24.3 Å². The van der Waals surface area contributed by atoms with Crippen molar-refractivity contribution in [2.45, 2.75) is 58.0 Å². The van der Waals surface area contributed by atoms with Crippen molar-refractivity contribution in [1.82, 2.24) is 4.90 Å². The highest BCUT2D eigenvalue weighted by Crippen LogP contribution is 2.24. The third kappa shape index (κ3) is 3.99. The maximum atomic E-state index is 12.2. The summed E-state index contributed by atoms with van der Waals surface area (Å²) >= 11 is 5.82. The average Bonchev–Trinajstić information content (AvgIpc) is 2.74. The smallest absolute Gasteiger partial charge is 0.238 e. The number of nitrogens with zero attached hydrogens (tertiary/aromatic N) is 1. The van der Waals surface area contributed by atoms with Crippen molar-refractivity contribution >= 4 is 17.5 Å². The molecule has 1 aromatic rings. The van der Waals surface area contributed by atoms with Gasteiger partial charge in [0.1, 0.15) is 5.88 Å². The highest BCUT2D eigenvalue weighted by atomic mass is 35.5. The number of hydrogen-bond acceptors (Lipinski definition) is 1. The molecule has 0 spiro atoms. The summed E-state index contributed by atoms with van der Waals surface area (Å²) in [6.45, 7) is 2.80. The van der Waals surface area contributed by atoms with Crippen LogP contribution in [0, 0.1) is 6.92 Å². The molecule has 1 aliphatic carbocycles. The molecule has 0 aliphatic heterocycles. The molecule has 110 valence electrons. The number of carbonyl (C=O) groups excluding carboxylic acids is 1. The van der Waals surface area contributed by atoms with Crippen LogP contribution in [0.3, 0.4) is 0 Å². The number of alkyl halides is 1. The minimum atomic E-state index is 0.0711. The summed E-state index contributed by atoms with van der Waals surface area (Å²) in [6, 6.07) is 8.66. The summed E-state index contributed by atoms with van der Waals surface area (Å²) in [5, 5.41) is 0. The van der Waals surface area contributed by atoms with Gasteiger partial charge in [-0.25, -0.2) is 0 Å². The highest BCUT2D eigenvalue weighted by Gasteiger charge is 2.24. The van der Waals surface area contributed by atoms with Gasteiger partial charge in [-0.3, -0.25) is 4.79 Å². The lowest BCUT2D eigenvalue weighted by molar-refractivity contribution is -0.131. The average molecular weight is 294 g/mol. The van der Waals surface area contributed by atoms with Crippen LogP contribution >= 0.6 is 11.6 Å². The van der Waals surface area contributed by atoms with Crippen molar-refractivity contribution in [3.8, 4) is 0 Å². The summed E-state index contributed by atoms with van der Waals surface area (Å²) in [4.78, 5) is 14.2. The van der Waals surface area contributed by atoms with Gasteiger partial charge in [-0.1, -0.05) is 49.9 Å². The van der Waals surface area contributed by atoms with Crippen LogP contribution in [-0.2, 0) is 11.3 Å². The minimum Gasteiger partial charge on any atom is -0.334 e. The Morgan fingerprint density at radius 1 is 1.20 bits per heavy atom. The molecule has 0 N–H and O–H groups in total. The third-order valence-electron chi connectivity index (χ3n) is 4.30. The van der Waals surface area contributed by atoms with Crippen LogP contribution < -0.4 is 0 Å². The first kappa shape index (κ1) is 15.4. The molecule has 0 bridgehead atoms. The molecule has 0 unspecified atom stereocenters. The van der Waals surface area contributed by atoms with Gasteiger partial charge in [0.05, 0.1) is 0 Å². The molecule has 1 aliphatic rings. The van der Waals surface area contributed by atoms with Gasteiger partial charge in [0.25, 0.3) is 0 Å². The second kappa shape index (κ2) is 7.68. The van der Waals surface area contributed by atoms with Gasteiger partial charge in [0, 0.05) is 12.6 Å². The fourth-order valence-electron chi connectivity index (χ4n) is 3.04. The molecule has 1 fully saturated rings. The number of rotatable bonds is 4. The lowest BCUT2D eigenvalue weighted by Gasteiger charge is -2.31. The Bertz CT molecular complexity index is 438. The van der Waals surface area contributed by atoms with E-state index in [-0.39, 0.29) is 11.8 Å². The van der Waals surface area contributed by atoms with Crippen molar-refractivity contribution in [2.75, 3.05) is 5.88 Å². The summed E-state index contributed by atoms with van der Waals surface area (Å²) in [6.07, 6.45) is 7.28. The predicted octanol–water partition coefficient (Wildman–Crippen LogP) is 4.29. The Hall–Kier alpha value is -1.02. The highest BCUT2D eigenvalue weighted by molar-refractivity contribution is 6.27. The molecule has 3 heteroatoms. The van der Waals surface area contributed by atoms with Gasteiger partial charge < -0.3 is 4.90 Å². The van der Waals surface area contributed by atoms with E-state index in [9.17, 15) is 4.79 Å². The minimum absolute atomic E-state index is 0.0711. The molecule has 0 atom stereocenters. The lowest BCUT2D eigenvalue weighted by Crippen LogP contribution is -2.40. The zero-order valence-electron chi connectivity index (χ0n) is 12.3. The Balaban J connectivity index is 2.14. The number of carbonyl (C=O) groups is 1. The van der Waals surface area contributed by atoms with E-state index in [2.05, 4.69) is 19.1 Å². The molecule has 1 saturated carbocycles. The fraction of sp³-hybridized carbons (Fsp3) is 0.588. The molecule has 0 radical (unpaired) electrons. The number of aryl methyl sites for hydroxylation is 1. The molecule has 20 heavy (non-hydrogen) atoms.